The van der Waals surface area contributed by atoms with Crippen molar-refractivity contribution in [3.05, 3.63) is 41.2 Å². The van der Waals surface area contributed by atoms with Crippen LogP contribution in [0.25, 0.3) is 11.1 Å². The van der Waals surface area contributed by atoms with Gasteiger partial charge in [0.2, 0.25) is 0 Å². The van der Waals surface area contributed by atoms with Crippen molar-refractivity contribution in [2.45, 2.75) is 33.7 Å². The Morgan fingerprint density at radius 2 is 2.05 bits per heavy atom. The number of aromatic nitrogens is 2. The van der Waals surface area contributed by atoms with E-state index in [1.54, 1.807) is 12.1 Å². The van der Waals surface area contributed by atoms with Crippen LogP contribution in [0.3, 0.4) is 0 Å². The molecule has 4 heteroatoms. The Balaban J connectivity index is 2.45. The average Bonchev–Trinajstić information content (AvgIpc) is 2.72. The predicted molar refractivity (Wildman–Crippen MR) is 74.4 cm³/mol. The van der Waals surface area contributed by atoms with Gasteiger partial charge in [-0.1, -0.05) is 13.0 Å². The van der Waals surface area contributed by atoms with Crippen molar-refractivity contribution in [3.8, 4) is 11.1 Å². The van der Waals surface area contributed by atoms with Gasteiger partial charge in [-0.05, 0) is 43.5 Å². The number of benzene rings is 1. The molecule has 0 fully saturated rings. The maximum absolute atomic E-state index is 10.9. The fraction of sp³-hybridized carbons (Fsp3) is 0.333. The monoisotopic (exact) mass is 258 g/mol. The number of aryl methyl sites for hydroxylation is 2. The molecule has 0 aliphatic heterocycles. The molecule has 19 heavy (non-hydrogen) atoms. The van der Waals surface area contributed by atoms with Gasteiger partial charge in [-0.2, -0.15) is 5.10 Å². The Morgan fingerprint density at radius 3 is 2.63 bits per heavy atom. The molecule has 0 bridgehead atoms. The van der Waals surface area contributed by atoms with Gasteiger partial charge in [0.1, 0.15) is 0 Å². The van der Waals surface area contributed by atoms with E-state index in [1.165, 1.54) is 0 Å². The topological polar surface area (TPSA) is 55.1 Å². The molecular weight excluding hydrogens is 240 g/mol. The van der Waals surface area contributed by atoms with Gasteiger partial charge in [-0.15, -0.1) is 0 Å². The van der Waals surface area contributed by atoms with E-state index in [0.717, 1.165) is 35.3 Å². The van der Waals surface area contributed by atoms with E-state index in [1.807, 2.05) is 30.8 Å². The van der Waals surface area contributed by atoms with E-state index >= 15 is 0 Å². The lowest BCUT2D eigenvalue weighted by Gasteiger charge is -2.07. The molecule has 4 nitrogen and oxygen atoms in total. The van der Waals surface area contributed by atoms with Crippen LogP contribution in [0.4, 0.5) is 0 Å². The highest BCUT2D eigenvalue weighted by Gasteiger charge is 2.12. The van der Waals surface area contributed by atoms with Crippen molar-refractivity contribution in [2.24, 2.45) is 0 Å². The van der Waals surface area contributed by atoms with Crippen LogP contribution in [-0.2, 0) is 6.54 Å². The number of rotatable bonds is 4. The molecule has 0 amide bonds. The van der Waals surface area contributed by atoms with Crippen molar-refractivity contribution >= 4 is 5.97 Å². The van der Waals surface area contributed by atoms with Crippen LogP contribution in [0.5, 0.6) is 0 Å². The predicted octanol–water partition coefficient (Wildman–Crippen LogP) is 3.28. The zero-order chi connectivity index (χ0) is 14.0. The first kappa shape index (κ1) is 13.3. The summed E-state index contributed by atoms with van der Waals surface area (Å²) in [5.74, 6) is -0.895. The summed E-state index contributed by atoms with van der Waals surface area (Å²) >= 11 is 0. The van der Waals surface area contributed by atoms with E-state index in [4.69, 9.17) is 5.11 Å². The van der Waals surface area contributed by atoms with Gasteiger partial charge in [0, 0.05) is 17.8 Å². The molecule has 2 aromatic rings. The Labute approximate surface area is 112 Å². The third kappa shape index (κ3) is 2.52. The molecule has 0 saturated carbocycles. The maximum Gasteiger partial charge on any atom is 0.335 e. The van der Waals surface area contributed by atoms with Gasteiger partial charge in [0.05, 0.1) is 11.8 Å². The van der Waals surface area contributed by atoms with Crippen molar-refractivity contribution in [3.63, 3.8) is 0 Å². The third-order valence-electron chi connectivity index (χ3n) is 3.30. The largest absolute Gasteiger partial charge is 0.478 e. The SMILES string of the molecule is CCCn1ncc(-c2ccc(C(=O)O)cc2C)c1C. The zero-order valence-electron chi connectivity index (χ0n) is 11.5. The van der Waals surface area contributed by atoms with Crippen LogP contribution in [0.2, 0.25) is 0 Å². The van der Waals surface area contributed by atoms with Gasteiger partial charge in [0.15, 0.2) is 0 Å². The molecule has 1 aromatic carbocycles. The number of nitrogens with zero attached hydrogens (tertiary/aromatic N) is 2. The van der Waals surface area contributed by atoms with Crippen molar-refractivity contribution in [2.75, 3.05) is 0 Å². The first-order chi connectivity index (χ1) is 9.04. The summed E-state index contributed by atoms with van der Waals surface area (Å²) in [6, 6.07) is 5.20. The van der Waals surface area contributed by atoms with Crippen LogP contribution in [0.15, 0.2) is 24.4 Å². The first-order valence-corrected chi connectivity index (χ1v) is 6.41. The van der Waals surface area contributed by atoms with E-state index in [-0.39, 0.29) is 0 Å². The van der Waals surface area contributed by atoms with Gasteiger partial charge < -0.3 is 5.11 Å². The maximum atomic E-state index is 10.9. The lowest BCUT2D eigenvalue weighted by molar-refractivity contribution is 0.0697. The second kappa shape index (κ2) is 5.26. The molecule has 2 rings (SSSR count). The van der Waals surface area contributed by atoms with Crippen LogP contribution in [-0.4, -0.2) is 20.9 Å². The van der Waals surface area contributed by atoms with E-state index in [9.17, 15) is 4.79 Å². The average molecular weight is 258 g/mol. The highest BCUT2D eigenvalue weighted by Crippen LogP contribution is 2.27. The molecular formula is C15H18N2O2. The second-order valence-electron chi connectivity index (χ2n) is 4.70. The summed E-state index contributed by atoms with van der Waals surface area (Å²) in [7, 11) is 0. The second-order valence-corrected chi connectivity index (χ2v) is 4.70. The van der Waals surface area contributed by atoms with Gasteiger partial charge in [-0.3, -0.25) is 4.68 Å². The first-order valence-electron chi connectivity index (χ1n) is 6.41. The summed E-state index contributed by atoms with van der Waals surface area (Å²) in [4.78, 5) is 10.9. The highest BCUT2D eigenvalue weighted by molar-refractivity contribution is 5.89. The minimum atomic E-state index is -0.895. The minimum absolute atomic E-state index is 0.319. The quantitative estimate of drug-likeness (QED) is 0.915. The fourth-order valence-corrected chi connectivity index (χ4v) is 2.25. The molecule has 0 atom stereocenters. The standard InChI is InChI=1S/C15H18N2O2/c1-4-7-17-11(3)14(9-16-17)13-6-5-12(15(18)19)8-10(13)2/h5-6,8-9H,4,7H2,1-3H3,(H,18,19). The Bertz CT molecular complexity index is 615. The van der Waals surface area contributed by atoms with Crippen LogP contribution in [0.1, 0.15) is 35.0 Å². The molecule has 0 saturated heterocycles. The summed E-state index contributed by atoms with van der Waals surface area (Å²) < 4.78 is 1.99. The van der Waals surface area contributed by atoms with Gasteiger partial charge in [-0.25, -0.2) is 4.79 Å². The van der Waals surface area contributed by atoms with Crippen LogP contribution < -0.4 is 0 Å². The number of carboxylic acids is 1. The molecule has 1 N–H and O–H groups in total. The van der Waals surface area contributed by atoms with Gasteiger partial charge in [0.25, 0.3) is 0 Å². The van der Waals surface area contributed by atoms with Crippen LogP contribution >= 0.6 is 0 Å². The molecule has 0 radical (unpaired) electrons. The molecule has 0 aliphatic rings. The van der Waals surface area contributed by atoms with Crippen molar-refractivity contribution < 1.29 is 9.90 Å². The smallest absolute Gasteiger partial charge is 0.335 e. The zero-order valence-corrected chi connectivity index (χ0v) is 11.5. The molecule has 100 valence electrons. The number of hydrogen-bond donors (Lipinski definition) is 1. The van der Waals surface area contributed by atoms with E-state index < -0.39 is 5.97 Å². The van der Waals surface area contributed by atoms with Crippen molar-refractivity contribution in [1.29, 1.82) is 0 Å². The van der Waals surface area contributed by atoms with Crippen molar-refractivity contribution in [1.82, 2.24) is 9.78 Å². The molecule has 0 unspecified atom stereocenters. The lowest BCUT2D eigenvalue weighted by atomic mass is 9.99. The minimum Gasteiger partial charge on any atom is -0.478 e. The Hall–Kier alpha value is -2.10. The van der Waals surface area contributed by atoms with Gasteiger partial charge >= 0.3 is 5.97 Å². The summed E-state index contributed by atoms with van der Waals surface area (Å²) in [6.45, 7) is 6.99. The molecule has 0 spiro atoms. The normalized spacial score (nSPS) is 10.7. The third-order valence-corrected chi connectivity index (χ3v) is 3.30. The van der Waals surface area contributed by atoms with E-state index in [0.29, 0.717) is 5.56 Å². The molecule has 1 aromatic heterocycles. The fourth-order valence-electron chi connectivity index (χ4n) is 2.25. The molecule has 0 aliphatic carbocycles. The number of hydrogen-bond acceptors (Lipinski definition) is 2. The van der Waals surface area contributed by atoms with E-state index in [2.05, 4.69) is 12.0 Å². The number of carbonyl (C=O) groups is 1. The van der Waals surface area contributed by atoms with Crippen LogP contribution in [0, 0.1) is 13.8 Å². The molecule has 1 heterocycles. The number of aromatic carboxylic acids is 1. The summed E-state index contributed by atoms with van der Waals surface area (Å²) in [5.41, 5.74) is 4.51. The summed E-state index contributed by atoms with van der Waals surface area (Å²) in [5, 5.41) is 13.4. The Morgan fingerprint density at radius 1 is 1.32 bits per heavy atom. The lowest BCUT2D eigenvalue weighted by Crippen LogP contribution is -2.01. The number of carboxylic acid groups (broad SMARTS) is 1. The summed E-state index contributed by atoms with van der Waals surface area (Å²) in [6.07, 6.45) is 2.90. The Kier molecular flexibility index (Phi) is 3.69. The highest BCUT2D eigenvalue weighted by atomic mass is 16.4.